The number of hydrogen-bond acceptors (Lipinski definition) is 9. The molecule has 2 unspecified atom stereocenters. The Balaban J connectivity index is 1.90. The highest BCUT2D eigenvalue weighted by Crippen LogP contribution is 2.48. The molecule has 3 aromatic rings. The van der Waals surface area contributed by atoms with Gasteiger partial charge in [0.1, 0.15) is 18.4 Å². The number of aliphatic hydroxyl groups is 1. The van der Waals surface area contributed by atoms with Crippen LogP contribution >= 0.6 is 16.8 Å². The predicted octanol–water partition coefficient (Wildman–Crippen LogP) is 3.59. The number of amides is 1. The van der Waals surface area contributed by atoms with Crippen LogP contribution in [0.4, 0.5) is 4.20 Å². The van der Waals surface area contributed by atoms with E-state index in [1.54, 1.807) is 14.1 Å². The van der Waals surface area contributed by atoms with Crippen molar-refractivity contribution in [1.29, 1.82) is 0 Å². The first-order valence-electron chi connectivity index (χ1n) is 15.2. The Morgan fingerprint density at radius 3 is 2.32 bits per heavy atom. The number of rotatable bonds is 18. The Hall–Kier alpha value is -3.30. The Bertz CT molecular complexity index is 1480. The van der Waals surface area contributed by atoms with Crippen molar-refractivity contribution in [2.75, 3.05) is 34.8 Å². The van der Waals surface area contributed by atoms with Gasteiger partial charge in [-0.2, -0.15) is 0 Å². The molecule has 0 heterocycles. The highest BCUT2D eigenvalue weighted by atomic mass is 32.0. The molecule has 254 valence electrons. The summed E-state index contributed by atoms with van der Waals surface area (Å²) in [5.74, 6) is -0.504. The van der Waals surface area contributed by atoms with Crippen molar-refractivity contribution in [2.45, 2.75) is 50.1 Å². The van der Waals surface area contributed by atoms with E-state index < -0.39 is 49.6 Å². The fourth-order valence-electron chi connectivity index (χ4n) is 5.22. The summed E-state index contributed by atoms with van der Waals surface area (Å²) >= 11 is 0. The molecular formula is C34H45FN4O6P2. The average Bonchev–Trinajstić information content (AvgIpc) is 3.08. The van der Waals surface area contributed by atoms with Crippen LogP contribution in [0, 0.1) is 0 Å². The normalized spacial score (nSPS) is 14.4. The van der Waals surface area contributed by atoms with E-state index in [1.165, 1.54) is 19.1 Å². The number of nitrogens with two attached hydrogens (primary N) is 1. The first-order valence-corrected chi connectivity index (χ1v) is 18.1. The number of likely N-dealkylation sites (N-methyl/N-ethyl adjacent to an activating group) is 3. The molecule has 0 radical (unpaired) electrons. The summed E-state index contributed by atoms with van der Waals surface area (Å²) in [4.78, 5) is 39.9. The van der Waals surface area contributed by atoms with Crippen LogP contribution in [-0.4, -0.2) is 86.4 Å². The number of carbonyl (C=O) groups excluding carboxylic acids is 3. The van der Waals surface area contributed by atoms with Gasteiger partial charge in [-0.1, -0.05) is 69.6 Å². The predicted molar refractivity (Wildman–Crippen MR) is 187 cm³/mol. The van der Waals surface area contributed by atoms with E-state index in [0.29, 0.717) is 12.4 Å². The zero-order valence-electron chi connectivity index (χ0n) is 27.2. The van der Waals surface area contributed by atoms with Crippen molar-refractivity contribution >= 4 is 34.3 Å². The molecule has 0 aliphatic carbocycles. The Labute approximate surface area is 279 Å². The first kappa shape index (κ1) is 38.2. The van der Waals surface area contributed by atoms with Crippen LogP contribution in [0.2, 0.25) is 0 Å². The number of halogens is 1. The van der Waals surface area contributed by atoms with Gasteiger partial charge in [0.05, 0.1) is 25.3 Å². The largest absolute Gasteiger partial charge is 0.489 e. The van der Waals surface area contributed by atoms with Crippen LogP contribution in [0.1, 0.15) is 23.1 Å². The SMILES string of the molecule is CNC[C@H](O)C[C@H](N)C(=O)N(C)[C@@H](Cc1cccc(-c2ccc(OCc3ccccc3)c(C[C@H](NC)C(=O)P(F)P)c2)c1)C(=O)OC. The molecule has 0 bridgehead atoms. The maximum Gasteiger partial charge on any atom is 0.328 e. The van der Waals surface area contributed by atoms with E-state index >= 15 is 0 Å². The minimum atomic E-state index is -2.36. The van der Waals surface area contributed by atoms with Gasteiger partial charge in [0.2, 0.25) is 11.4 Å². The topological polar surface area (TPSA) is 143 Å². The van der Waals surface area contributed by atoms with Gasteiger partial charge in [0.15, 0.2) is 7.92 Å². The number of aliphatic hydroxyl groups excluding tert-OH is 1. The van der Waals surface area contributed by atoms with Crippen molar-refractivity contribution in [2.24, 2.45) is 5.73 Å². The van der Waals surface area contributed by atoms with Gasteiger partial charge in [0.25, 0.3) is 0 Å². The molecule has 0 spiro atoms. The number of methoxy groups -OCH3 is 1. The summed E-state index contributed by atoms with van der Waals surface area (Å²) in [6.07, 6.45) is -0.415. The summed E-state index contributed by atoms with van der Waals surface area (Å²) in [5, 5.41) is 15.9. The molecule has 10 nitrogen and oxygen atoms in total. The van der Waals surface area contributed by atoms with Gasteiger partial charge >= 0.3 is 5.97 Å². The van der Waals surface area contributed by atoms with Crippen molar-refractivity contribution in [3.05, 3.63) is 89.5 Å². The lowest BCUT2D eigenvalue weighted by atomic mass is 9.95. The average molecular weight is 687 g/mol. The van der Waals surface area contributed by atoms with Gasteiger partial charge in [-0.15, -0.1) is 0 Å². The second-order valence-electron chi connectivity index (χ2n) is 11.2. The van der Waals surface area contributed by atoms with Crippen LogP contribution in [0.25, 0.3) is 11.1 Å². The molecule has 0 aliphatic heterocycles. The van der Waals surface area contributed by atoms with Crippen LogP contribution in [0.15, 0.2) is 72.8 Å². The van der Waals surface area contributed by atoms with E-state index in [9.17, 15) is 23.7 Å². The first-order chi connectivity index (χ1) is 22.5. The Morgan fingerprint density at radius 2 is 1.68 bits per heavy atom. The van der Waals surface area contributed by atoms with Crippen molar-refractivity contribution in [3.8, 4) is 16.9 Å². The lowest BCUT2D eigenvalue weighted by Gasteiger charge is -2.29. The van der Waals surface area contributed by atoms with Crippen LogP contribution in [-0.2, 0) is 38.6 Å². The summed E-state index contributed by atoms with van der Waals surface area (Å²) in [5.41, 5.74) is 9.70. The summed E-state index contributed by atoms with van der Waals surface area (Å²) in [6, 6.07) is 20.2. The third-order valence-corrected chi connectivity index (χ3v) is 9.34. The minimum absolute atomic E-state index is 0.0326. The van der Waals surface area contributed by atoms with Gasteiger partial charge < -0.3 is 35.8 Å². The van der Waals surface area contributed by atoms with Crippen molar-refractivity contribution < 1.29 is 33.2 Å². The summed E-state index contributed by atoms with van der Waals surface area (Å²) in [6.45, 7) is 0.597. The number of ether oxygens (including phenoxy) is 2. The lowest BCUT2D eigenvalue weighted by molar-refractivity contribution is -0.152. The van der Waals surface area contributed by atoms with Gasteiger partial charge in [-0.05, 0) is 66.9 Å². The molecule has 6 atom stereocenters. The molecule has 3 rings (SSSR count). The maximum absolute atomic E-state index is 14.0. The third-order valence-electron chi connectivity index (χ3n) is 7.84. The molecule has 5 N–H and O–H groups in total. The molecule has 3 aromatic carbocycles. The van der Waals surface area contributed by atoms with Crippen LogP contribution in [0.5, 0.6) is 5.75 Å². The lowest BCUT2D eigenvalue weighted by Crippen LogP contribution is -2.51. The zero-order valence-corrected chi connectivity index (χ0v) is 29.2. The monoisotopic (exact) mass is 686 g/mol. The molecule has 0 aromatic heterocycles. The van der Waals surface area contributed by atoms with Crippen molar-refractivity contribution in [1.82, 2.24) is 15.5 Å². The van der Waals surface area contributed by atoms with Gasteiger partial charge in [-0.3, -0.25) is 9.59 Å². The number of nitrogens with zero attached hydrogens (tertiary/aromatic N) is 1. The van der Waals surface area contributed by atoms with Gasteiger partial charge in [-0.25, -0.2) is 8.99 Å². The molecule has 13 heteroatoms. The molecule has 0 saturated heterocycles. The minimum Gasteiger partial charge on any atom is -0.489 e. The fraction of sp³-hybridized carbons (Fsp3) is 0.382. The van der Waals surface area contributed by atoms with E-state index in [0.717, 1.165) is 27.8 Å². The van der Waals surface area contributed by atoms with Crippen LogP contribution in [0.3, 0.4) is 0 Å². The third kappa shape index (κ3) is 11.1. The highest BCUT2D eigenvalue weighted by molar-refractivity contribution is 8.19. The van der Waals surface area contributed by atoms with Crippen molar-refractivity contribution in [3.63, 3.8) is 0 Å². The van der Waals surface area contributed by atoms with E-state index in [2.05, 4.69) is 10.6 Å². The number of carbonyl (C=O) groups is 3. The van der Waals surface area contributed by atoms with E-state index in [1.807, 2.05) is 81.7 Å². The Morgan fingerprint density at radius 1 is 1.00 bits per heavy atom. The summed E-state index contributed by atoms with van der Waals surface area (Å²) < 4.78 is 25.2. The highest BCUT2D eigenvalue weighted by Gasteiger charge is 2.32. The number of nitrogens with one attached hydrogen (secondary N) is 2. The molecular weight excluding hydrogens is 641 g/mol. The quantitative estimate of drug-likeness (QED) is 0.117. The van der Waals surface area contributed by atoms with E-state index in [4.69, 9.17) is 15.2 Å². The number of benzene rings is 3. The number of hydrogen-bond donors (Lipinski definition) is 4. The molecule has 1 amide bonds. The zero-order chi connectivity index (χ0) is 34.5. The second-order valence-corrected chi connectivity index (χ2v) is 13.7. The fourth-order valence-corrected chi connectivity index (χ4v) is 6.28. The smallest absolute Gasteiger partial charge is 0.328 e. The van der Waals surface area contributed by atoms with Gasteiger partial charge in [0, 0.05) is 20.0 Å². The Kier molecular flexibility index (Phi) is 15.3. The van der Waals surface area contributed by atoms with E-state index in [-0.39, 0.29) is 25.8 Å². The molecule has 0 fully saturated rings. The molecule has 0 saturated carbocycles. The maximum atomic E-state index is 14.0. The summed E-state index contributed by atoms with van der Waals surface area (Å²) in [7, 11) is 5.67. The second kappa shape index (κ2) is 18.9. The molecule has 0 aliphatic rings. The number of esters is 1. The van der Waals surface area contributed by atoms with Crippen LogP contribution < -0.4 is 21.1 Å². The standard InChI is InChI=1S/C34H45FN4O6P2/c1-37-20-27(40)19-28(36)32(41)39(3)30(33(42)44-4)16-23-11-8-12-24(15-23)25-13-14-31(45-21-22-9-6-5-7-10-22)26(17-25)18-29(38-2)34(43)47(35)46/h5-15,17,27-30,37-38,40H,16,18-21,36,46H2,1-4H3/t27-,28+,29+,30+,47?/m1/s1. The molecule has 47 heavy (non-hydrogen) atoms.